The Labute approximate surface area is 92.3 Å². The summed E-state index contributed by atoms with van der Waals surface area (Å²) >= 11 is 0. The Morgan fingerprint density at radius 2 is 1.69 bits per heavy atom. The van der Waals surface area contributed by atoms with Crippen molar-refractivity contribution in [3.8, 4) is 11.5 Å². The van der Waals surface area contributed by atoms with Gasteiger partial charge < -0.3 is 4.74 Å². The van der Waals surface area contributed by atoms with Gasteiger partial charge in [-0.1, -0.05) is 18.2 Å². The lowest BCUT2D eigenvalue weighted by molar-refractivity contribution is 0.435. The van der Waals surface area contributed by atoms with Gasteiger partial charge in [-0.05, 0) is 30.7 Å². The Morgan fingerprint density at radius 3 is 2.38 bits per heavy atom. The average Bonchev–Trinajstić information content (AvgIpc) is 2.25. The van der Waals surface area contributed by atoms with Crippen LogP contribution >= 0.6 is 0 Å². The van der Waals surface area contributed by atoms with Gasteiger partial charge in [0, 0.05) is 6.07 Å². The van der Waals surface area contributed by atoms with E-state index in [2.05, 4.69) is 0 Å². The summed E-state index contributed by atoms with van der Waals surface area (Å²) in [6.07, 6.45) is 0. The van der Waals surface area contributed by atoms with Crippen LogP contribution in [0.15, 0.2) is 42.5 Å². The maximum absolute atomic E-state index is 13.3. The summed E-state index contributed by atoms with van der Waals surface area (Å²) in [5, 5.41) is 0. The highest BCUT2D eigenvalue weighted by atomic mass is 19.1. The van der Waals surface area contributed by atoms with Crippen LogP contribution in [-0.2, 0) is 0 Å². The second-order valence-electron chi connectivity index (χ2n) is 3.44. The molecule has 2 rings (SSSR count). The van der Waals surface area contributed by atoms with Crippen LogP contribution in [0.1, 0.15) is 5.56 Å². The van der Waals surface area contributed by atoms with Crippen molar-refractivity contribution in [2.45, 2.75) is 6.92 Å². The smallest absolute Gasteiger partial charge is 0.168 e. The van der Waals surface area contributed by atoms with Crippen molar-refractivity contribution in [2.75, 3.05) is 0 Å². The second kappa shape index (κ2) is 4.31. The summed E-state index contributed by atoms with van der Waals surface area (Å²) in [5.74, 6) is -0.735. The molecule has 2 aromatic rings. The first kappa shape index (κ1) is 10.6. The zero-order valence-electron chi connectivity index (χ0n) is 8.71. The first-order chi connectivity index (χ1) is 7.66. The molecule has 0 fully saturated rings. The highest BCUT2D eigenvalue weighted by molar-refractivity contribution is 5.37. The van der Waals surface area contributed by atoms with Crippen LogP contribution in [0.25, 0.3) is 0 Å². The standard InChI is InChI=1S/C13H10F2O/c1-9-4-2-3-5-12(9)16-13-7-6-10(14)8-11(13)15/h2-8H,1H3. The van der Waals surface area contributed by atoms with Crippen LogP contribution in [0.4, 0.5) is 8.78 Å². The number of hydrogen-bond acceptors (Lipinski definition) is 1. The van der Waals surface area contributed by atoms with Crippen molar-refractivity contribution in [1.82, 2.24) is 0 Å². The van der Waals surface area contributed by atoms with Gasteiger partial charge in [-0.3, -0.25) is 0 Å². The van der Waals surface area contributed by atoms with E-state index < -0.39 is 11.6 Å². The van der Waals surface area contributed by atoms with Gasteiger partial charge in [0.25, 0.3) is 0 Å². The number of ether oxygens (including phenoxy) is 1. The van der Waals surface area contributed by atoms with Gasteiger partial charge in [0.05, 0.1) is 0 Å². The molecule has 0 N–H and O–H groups in total. The number of para-hydroxylation sites is 1. The van der Waals surface area contributed by atoms with Gasteiger partial charge >= 0.3 is 0 Å². The first-order valence-electron chi connectivity index (χ1n) is 4.85. The zero-order valence-corrected chi connectivity index (χ0v) is 8.71. The van der Waals surface area contributed by atoms with Gasteiger partial charge in [0.15, 0.2) is 11.6 Å². The summed E-state index contributed by atoms with van der Waals surface area (Å²) in [7, 11) is 0. The van der Waals surface area contributed by atoms with Crippen molar-refractivity contribution in [1.29, 1.82) is 0 Å². The third-order valence-corrected chi connectivity index (χ3v) is 2.21. The molecule has 0 bridgehead atoms. The molecule has 0 aromatic heterocycles. The van der Waals surface area contributed by atoms with E-state index in [1.807, 2.05) is 19.1 Å². The normalized spacial score (nSPS) is 10.2. The lowest BCUT2D eigenvalue weighted by atomic mass is 10.2. The number of benzene rings is 2. The third-order valence-electron chi connectivity index (χ3n) is 2.21. The van der Waals surface area contributed by atoms with E-state index in [1.165, 1.54) is 6.07 Å². The lowest BCUT2D eigenvalue weighted by Crippen LogP contribution is -1.91. The van der Waals surface area contributed by atoms with Crippen molar-refractivity contribution in [3.63, 3.8) is 0 Å². The monoisotopic (exact) mass is 220 g/mol. The number of aryl methyl sites for hydroxylation is 1. The number of rotatable bonds is 2. The van der Waals surface area contributed by atoms with E-state index >= 15 is 0 Å². The fourth-order valence-electron chi connectivity index (χ4n) is 1.35. The first-order valence-corrected chi connectivity index (χ1v) is 4.85. The van der Waals surface area contributed by atoms with Crippen molar-refractivity contribution in [2.24, 2.45) is 0 Å². The van der Waals surface area contributed by atoms with E-state index in [0.717, 1.165) is 17.7 Å². The molecule has 82 valence electrons. The largest absolute Gasteiger partial charge is 0.454 e. The fraction of sp³-hybridized carbons (Fsp3) is 0.0769. The molecule has 3 heteroatoms. The van der Waals surface area contributed by atoms with E-state index in [1.54, 1.807) is 12.1 Å². The molecular formula is C13H10F2O. The van der Waals surface area contributed by atoms with E-state index in [0.29, 0.717) is 5.75 Å². The molecule has 0 amide bonds. The second-order valence-corrected chi connectivity index (χ2v) is 3.44. The summed E-state index contributed by atoms with van der Waals surface area (Å²) < 4.78 is 31.3. The zero-order chi connectivity index (χ0) is 11.5. The van der Waals surface area contributed by atoms with Gasteiger partial charge in [0.1, 0.15) is 11.6 Å². The summed E-state index contributed by atoms with van der Waals surface area (Å²) in [5.41, 5.74) is 0.895. The minimum Gasteiger partial charge on any atom is -0.454 e. The Bertz CT molecular complexity index is 509. The molecule has 0 aliphatic heterocycles. The van der Waals surface area contributed by atoms with Crippen LogP contribution in [0.2, 0.25) is 0 Å². The highest BCUT2D eigenvalue weighted by Crippen LogP contribution is 2.27. The topological polar surface area (TPSA) is 9.23 Å². The van der Waals surface area contributed by atoms with Crippen molar-refractivity contribution >= 4 is 0 Å². The molecular weight excluding hydrogens is 210 g/mol. The maximum Gasteiger partial charge on any atom is 0.168 e. The molecule has 2 aromatic carbocycles. The van der Waals surface area contributed by atoms with Crippen molar-refractivity contribution < 1.29 is 13.5 Å². The summed E-state index contributed by atoms with van der Waals surface area (Å²) in [6, 6.07) is 10.5. The minimum absolute atomic E-state index is 0.0238. The van der Waals surface area contributed by atoms with Crippen LogP contribution in [0, 0.1) is 18.6 Å². The fourth-order valence-corrected chi connectivity index (χ4v) is 1.35. The Kier molecular flexibility index (Phi) is 2.86. The molecule has 0 unspecified atom stereocenters. The van der Waals surface area contributed by atoms with Gasteiger partial charge in [0.2, 0.25) is 0 Å². The van der Waals surface area contributed by atoms with E-state index in [9.17, 15) is 8.78 Å². The van der Waals surface area contributed by atoms with Crippen LogP contribution in [0.5, 0.6) is 11.5 Å². The quantitative estimate of drug-likeness (QED) is 0.741. The maximum atomic E-state index is 13.3. The van der Waals surface area contributed by atoms with Crippen molar-refractivity contribution in [3.05, 3.63) is 59.7 Å². The summed E-state index contributed by atoms with van der Waals surface area (Å²) in [6.45, 7) is 1.86. The number of hydrogen-bond donors (Lipinski definition) is 0. The predicted octanol–water partition coefficient (Wildman–Crippen LogP) is 4.07. The Balaban J connectivity index is 2.31. The Morgan fingerprint density at radius 1 is 0.938 bits per heavy atom. The molecule has 0 spiro atoms. The van der Waals surface area contributed by atoms with Gasteiger partial charge in [-0.2, -0.15) is 0 Å². The summed E-state index contributed by atoms with van der Waals surface area (Å²) in [4.78, 5) is 0. The molecule has 0 radical (unpaired) electrons. The predicted molar refractivity (Wildman–Crippen MR) is 57.6 cm³/mol. The molecule has 0 saturated carbocycles. The average molecular weight is 220 g/mol. The SMILES string of the molecule is Cc1ccccc1Oc1ccc(F)cc1F. The molecule has 1 nitrogen and oxygen atoms in total. The van der Waals surface area contributed by atoms with Crippen LogP contribution < -0.4 is 4.74 Å². The molecule has 0 atom stereocenters. The third kappa shape index (κ3) is 2.19. The molecule has 16 heavy (non-hydrogen) atoms. The molecule has 0 aliphatic carbocycles. The highest BCUT2D eigenvalue weighted by Gasteiger charge is 2.07. The number of halogens is 2. The van der Waals surface area contributed by atoms with E-state index in [-0.39, 0.29) is 5.75 Å². The van der Waals surface area contributed by atoms with E-state index in [4.69, 9.17) is 4.74 Å². The minimum atomic E-state index is -0.705. The van der Waals surface area contributed by atoms with Gasteiger partial charge in [-0.15, -0.1) is 0 Å². The van der Waals surface area contributed by atoms with Crippen LogP contribution in [-0.4, -0.2) is 0 Å². The molecule has 0 aliphatic rings. The Hall–Kier alpha value is -1.90. The van der Waals surface area contributed by atoms with Gasteiger partial charge in [-0.25, -0.2) is 8.78 Å². The molecule has 0 heterocycles. The lowest BCUT2D eigenvalue weighted by Gasteiger charge is -2.08. The van der Waals surface area contributed by atoms with Crippen LogP contribution in [0.3, 0.4) is 0 Å². The molecule has 0 saturated heterocycles.